The molecule has 0 saturated carbocycles. The zero-order chi connectivity index (χ0) is 20.5. The van der Waals surface area contributed by atoms with Crippen LogP contribution in [0.5, 0.6) is 0 Å². The fourth-order valence-corrected chi connectivity index (χ4v) is 2.41. The number of rotatable bonds is 8. The van der Waals surface area contributed by atoms with Crippen molar-refractivity contribution in [1.82, 2.24) is 5.32 Å². The molecular weight excluding hydrogens is 356 g/mol. The number of benzene rings is 2. The van der Waals surface area contributed by atoms with E-state index >= 15 is 0 Å². The highest BCUT2D eigenvalue weighted by Crippen LogP contribution is 2.15. The first-order valence-corrected chi connectivity index (χ1v) is 9.19. The molecule has 0 fully saturated rings. The van der Waals surface area contributed by atoms with Crippen LogP contribution in [0.1, 0.15) is 37.6 Å². The summed E-state index contributed by atoms with van der Waals surface area (Å²) in [6.07, 6.45) is 0.869. The van der Waals surface area contributed by atoms with Gasteiger partial charge in [-0.15, -0.1) is 0 Å². The van der Waals surface area contributed by atoms with E-state index in [1.165, 1.54) is 6.92 Å². The second kappa shape index (κ2) is 10.1. The lowest BCUT2D eigenvalue weighted by atomic mass is 10.1. The Labute approximate surface area is 164 Å². The molecule has 2 rings (SSSR count). The molecule has 0 aliphatic rings. The number of hydrogen-bond donors (Lipinski definition) is 4. The van der Waals surface area contributed by atoms with Gasteiger partial charge in [-0.25, -0.2) is 0 Å². The van der Waals surface area contributed by atoms with Crippen molar-refractivity contribution in [2.75, 3.05) is 22.5 Å². The number of carbonyl (C=O) groups is 3. The normalized spacial score (nSPS) is 11.2. The van der Waals surface area contributed by atoms with E-state index < -0.39 is 0 Å². The summed E-state index contributed by atoms with van der Waals surface area (Å²) in [6.45, 7) is 5.47. The molecule has 1 unspecified atom stereocenters. The third-order valence-corrected chi connectivity index (χ3v) is 4.06. The van der Waals surface area contributed by atoms with E-state index in [1.54, 1.807) is 48.5 Å². The lowest BCUT2D eigenvalue weighted by Crippen LogP contribution is -2.31. The van der Waals surface area contributed by atoms with E-state index in [9.17, 15) is 14.4 Å². The van der Waals surface area contributed by atoms with Gasteiger partial charge < -0.3 is 21.3 Å². The van der Waals surface area contributed by atoms with Gasteiger partial charge in [0.1, 0.15) is 0 Å². The first-order valence-electron chi connectivity index (χ1n) is 9.19. The molecule has 0 heterocycles. The summed E-state index contributed by atoms with van der Waals surface area (Å²) in [5.74, 6) is -0.511. The molecule has 0 saturated heterocycles. The molecule has 4 N–H and O–H groups in total. The Balaban J connectivity index is 1.86. The maximum Gasteiger partial charge on any atom is 0.251 e. The van der Waals surface area contributed by atoms with E-state index in [4.69, 9.17) is 0 Å². The Bertz CT molecular complexity index is 834. The van der Waals surface area contributed by atoms with E-state index in [0.717, 1.165) is 12.1 Å². The summed E-state index contributed by atoms with van der Waals surface area (Å²) in [6, 6.07) is 14.0. The van der Waals surface area contributed by atoms with Gasteiger partial charge in [0.05, 0.1) is 6.54 Å². The van der Waals surface area contributed by atoms with E-state index in [2.05, 4.69) is 21.3 Å². The minimum atomic E-state index is -0.224. The number of anilines is 3. The first kappa shape index (κ1) is 21.0. The second-order valence-electron chi connectivity index (χ2n) is 6.52. The highest BCUT2D eigenvalue weighted by Gasteiger charge is 2.09. The molecule has 0 radical (unpaired) electrons. The van der Waals surface area contributed by atoms with Gasteiger partial charge in [0.2, 0.25) is 11.8 Å². The zero-order valence-corrected chi connectivity index (χ0v) is 16.3. The van der Waals surface area contributed by atoms with Crippen molar-refractivity contribution in [3.05, 3.63) is 54.1 Å². The van der Waals surface area contributed by atoms with Crippen LogP contribution in [0.25, 0.3) is 0 Å². The summed E-state index contributed by atoms with van der Waals surface area (Å²) in [4.78, 5) is 35.3. The van der Waals surface area contributed by atoms with Crippen LogP contribution >= 0.6 is 0 Å². The van der Waals surface area contributed by atoms with E-state index in [-0.39, 0.29) is 30.3 Å². The van der Waals surface area contributed by atoms with Gasteiger partial charge in [-0.2, -0.15) is 0 Å². The highest BCUT2D eigenvalue weighted by atomic mass is 16.2. The molecule has 7 nitrogen and oxygen atoms in total. The quantitative estimate of drug-likeness (QED) is 0.563. The van der Waals surface area contributed by atoms with Crippen molar-refractivity contribution >= 4 is 34.8 Å². The van der Waals surface area contributed by atoms with Crippen molar-refractivity contribution in [2.24, 2.45) is 0 Å². The molecule has 2 aromatic carbocycles. The lowest BCUT2D eigenvalue weighted by Gasteiger charge is -2.12. The smallest absolute Gasteiger partial charge is 0.251 e. The first-order chi connectivity index (χ1) is 13.4. The molecule has 0 aromatic heterocycles. The molecule has 28 heavy (non-hydrogen) atoms. The van der Waals surface area contributed by atoms with Gasteiger partial charge in [-0.1, -0.05) is 13.0 Å². The summed E-state index contributed by atoms with van der Waals surface area (Å²) >= 11 is 0. The largest absolute Gasteiger partial charge is 0.376 e. The summed E-state index contributed by atoms with van der Waals surface area (Å²) < 4.78 is 0. The Morgan fingerprint density at radius 1 is 0.929 bits per heavy atom. The highest BCUT2D eigenvalue weighted by molar-refractivity contribution is 5.96. The van der Waals surface area contributed by atoms with Crippen molar-refractivity contribution in [3.63, 3.8) is 0 Å². The SMILES string of the molecule is CCC(C)NC(=O)c1ccc(NCC(=O)Nc2cccc(NC(C)=O)c2)cc1. The maximum atomic E-state index is 12.1. The molecule has 1 atom stereocenters. The van der Waals surface area contributed by atoms with Crippen molar-refractivity contribution in [2.45, 2.75) is 33.2 Å². The third kappa shape index (κ3) is 6.75. The second-order valence-corrected chi connectivity index (χ2v) is 6.52. The number of nitrogens with one attached hydrogen (secondary N) is 4. The molecule has 3 amide bonds. The maximum absolute atomic E-state index is 12.1. The minimum absolute atomic E-state index is 0.0722. The Morgan fingerprint density at radius 2 is 1.57 bits per heavy atom. The van der Waals surface area contributed by atoms with Crippen molar-refractivity contribution in [1.29, 1.82) is 0 Å². The fraction of sp³-hybridized carbons (Fsp3) is 0.286. The van der Waals surface area contributed by atoms with Crippen LogP contribution < -0.4 is 21.3 Å². The van der Waals surface area contributed by atoms with Crippen molar-refractivity contribution in [3.8, 4) is 0 Å². The number of carbonyl (C=O) groups excluding carboxylic acids is 3. The summed E-state index contributed by atoms with van der Waals surface area (Å²) in [5.41, 5.74) is 2.52. The van der Waals surface area contributed by atoms with Crippen LogP contribution in [0.3, 0.4) is 0 Å². The van der Waals surface area contributed by atoms with E-state index in [1.807, 2.05) is 13.8 Å². The average Bonchev–Trinajstić information content (AvgIpc) is 2.66. The Morgan fingerprint density at radius 3 is 2.18 bits per heavy atom. The number of amides is 3. The molecule has 7 heteroatoms. The van der Waals surface area contributed by atoms with Crippen LogP contribution in [0.2, 0.25) is 0 Å². The van der Waals surface area contributed by atoms with Gasteiger partial charge in [-0.05, 0) is 55.8 Å². The van der Waals surface area contributed by atoms with Gasteiger partial charge in [0.25, 0.3) is 5.91 Å². The van der Waals surface area contributed by atoms with Crippen LogP contribution in [0.4, 0.5) is 17.1 Å². The Hall–Kier alpha value is -3.35. The molecular formula is C21H26N4O3. The van der Waals surface area contributed by atoms with Gasteiger partial charge >= 0.3 is 0 Å². The van der Waals surface area contributed by atoms with Crippen LogP contribution in [0, 0.1) is 0 Å². The van der Waals surface area contributed by atoms with Crippen molar-refractivity contribution < 1.29 is 14.4 Å². The predicted octanol–water partition coefficient (Wildman–Crippen LogP) is 3.22. The standard InChI is InChI=1S/C21H26N4O3/c1-4-14(2)23-21(28)16-8-10-17(11-9-16)22-13-20(27)25-19-7-5-6-18(12-19)24-15(3)26/h5-12,14,22H,4,13H2,1-3H3,(H,23,28)(H,24,26)(H,25,27). The third-order valence-electron chi connectivity index (χ3n) is 4.06. The molecule has 0 bridgehead atoms. The van der Waals surface area contributed by atoms with Crippen LogP contribution in [-0.2, 0) is 9.59 Å². The molecule has 0 aliphatic carbocycles. The monoisotopic (exact) mass is 382 g/mol. The lowest BCUT2D eigenvalue weighted by molar-refractivity contribution is -0.115. The predicted molar refractivity (Wildman–Crippen MR) is 112 cm³/mol. The summed E-state index contributed by atoms with van der Waals surface area (Å²) in [5, 5.41) is 11.4. The van der Waals surface area contributed by atoms with Gasteiger partial charge in [-0.3, -0.25) is 14.4 Å². The number of hydrogen-bond acceptors (Lipinski definition) is 4. The van der Waals surface area contributed by atoms with E-state index in [0.29, 0.717) is 16.9 Å². The molecule has 2 aromatic rings. The topological polar surface area (TPSA) is 99.3 Å². The van der Waals surface area contributed by atoms with Crippen LogP contribution in [-0.4, -0.2) is 30.3 Å². The average molecular weight is 382 g/mol. The fourth-order valence-electron chi connectivity index (χ4n) is 2.41. The van der Waals surface area contributed by atoms with Crippen LogP contribution in [0.15, 0.2) is 48.5 Å². The minimum Gasteiger partial charge on any atom is -0.376 e. The molecule has 0 aliphatic heterocycles. The molecule has 148 valence electrons. The van der Waals surface area contributed by atoms with Gasteiger partial charge in [0.15, 0.2) is 0 Å². The zero-order valence-electron chi connectivity index (χ0n) is 16.3. The molecule has 0 spiro atoms. The summed E-state index contributed by atoms with van der Waals surface area (Å²) in [7, 11) is 0. The van der Waals surface area contributed by atoms with Gasteiger partial charge in [0, 0.05) is 35.6 Å². The Kier molecular flexibility index (Phi) is 7.56.